The molecule has 1 aromatic rings. The highest BCUT2D eigenvalue weighted by Gasteiger charge is 2.62. The first-order valence-corrected chi connectivity index (χ1v) is 7.79. The number of ether oxygens (including phenoxy) is 1. The number of carbonyl (C=O) groups is 1. The third-order valence-corrected chi connectivity index (χ3v) is 4.52. The number of aromatic nitrogens is 3. The van der Waals surface area contributed by atoms with Crippen molar-refractivity contribution in [3.63, 3.8) is 0 Å². The van der Waals surface area contributed by atoms with Crippen molar-refractivity contribution in [3.8, 4) is 0 Å². The first-order valence-electron chi connectivity index (χ1n) is 7.79. The summed E-state index contributed by atoms with van der Waals surface area (Å²) in [5, 5.41) is 45.1. The lowest BCUT2D eigenvalue weighted by molar-refractivity contribution is -0.291. The van der Waals surface area contributed by atoms with Gasteiger partial charge >= 0.3 is 11.8 Å². The van der Waals surface area contributed by atoms with Gasteiger partial charge in [-0.15, -0.1) is 5.10 Å². The fourth-order valence-electron chi connectivity index (χ4n) is 3.04. The molecule has 11 heteroatoms. The number of alkyl halides is 2. The van der Waals surface area contributed by atoms with E-state index in [-0.39, 0.29) is 0 Å². The standard InChI is InChI=1S/C14H21F2N3O6/c1-3-7-4-17-18-19(7)9-6(2)11(10(22)8(21)5-20)25-14(16,12(9)15)13(23)24/h4,6,8-12,20-22H,3,5H2,1-2H3,(H,23,24)/t6-,8-,9-,10-,11-,12?,14?/m1/s1. The molecule has 1 aromatic heterocycles. The Morgan fingerprint density at radius 2 is 2.16 bits per heavy atom. The molecule has 1 aliphatic heterocycles. The van der Waals surface area contributed by atoms with Gasteiger partial charge in [-0.3, -0.25) is 0 Å². The van der Waals surface area contributed by atoms with Gasteiger partial charge in [0.1, 0.15) is 12.2 Å². The maximum absolute atomic E-state index is 14.8. The Kier molecular flexibility index (Phi) is 5.72. The number of aliphatic carboxylic acids is 1. The van der Waals surface area contributed by atoms with E-state index in [1.165, 1.54) is 13.1 Å². The fraction of sp³-hybridized carbons (Fsp3) is 0.786. The second-order valence-corrected chi connectivity index (χ2v) is 6.05. The van der Waals surface area contributed by atoms with Crippen LogP contribution in [0.4, 0.5) is 8.78 Å². The van der Waals surface area contributed by atoms with E-state index in [0.29, 0.717) is 12.1 Å². The quantitative estimate of drug-likeness (QED) is 0.515. The van der Waals surface area contributed by atoms with E-state index in [1.54, 1.807) is 6.92 Å². The zero-order valence-electron chi connectivity index (χ0n) is 13.7. The molecule has 25 heavy (non-hydrogen) atoms. The maximum Gasteiger partial charge on any atom is 0.372 e. The van der Waals surface area contributed by atoms with Crippen LogP contribution in [0.15, 0.2) is 6.20 Å². The minimum Gasteiger partial charge on any atom is -0.477 e. The molecule has 2 unspecified atom stereocenters. The van der Waals surface area contributed by atoms with Crippen molar-refractivity contribution in [1.82, 2.24) is 15.0 Å². The Morgan fingerprint density at radius 3 is 2.68 bits per heavy atom. The van der Waals surface area contributed by atoms with Crippen molar-refractivity contribution >= 4 is 5.97 Å². The van der Waals surface area contributed by atoms with Gasteiger partial charge in [-0.05, 0) is 6.42 Å². The van der Waals surface area contributed by atoms with Gasteiger partial charge in [-0.25, -0.2) is 13.9 Å². The molecule has 1 saturated heterocycles. The highest BCUT2D eigenvalue weighted by atomic mass is 19.2. The highest BCUT2D eigenvalue weighted by Crippen LogP contribution is 2.44. The minimum absolute atomic E-state index is 0.378. The second-order valence-electron chi connectivity index (χ2n) is 6.05. The number of carboxylic acid groups (broad SMARTS) is 1. The van der Waals surface area contributed by atoms with Crippen LogP contribution in [0, 0.1) is 5.92 Å². The smallest absolute Gasteiger partial charge is 0.372 e. The van der Waals surface area contributed by atoms with Crippen molar-refractivity contribution in [2.24, 2.45) is 5.92 Å². The highest BCUT2D eigenvalue weighted by molar-refractivity contribution is 5.76. The first kappa shape index (κ1) is 19.6. The third kappa shape index (κ3) is 3.24. The van der Waals surface area contributed by atoms with Crippen LogP contribution in [0.2, 0.25) is 0 Å². The van der Waals surface area contributed by atoms with Crippen molar-refractivity contribution in [1.29, 1.82) is 0 Å². The summed E-state index contributed by atoms with van der Waals surface area (Å²) in [6, 6.07) is -1.45. The number of aliphatic hydroxyl groups is 3. The van der Waals surface area contributed by atoms with Gasteiger partial charge in [-0.2, -0.15) is 4.39 Å². The summed E-state index contributed by atoms with van der Waals surface area (Å²) in [6.45, 7) is 2.26. The molecule has 0 aliphatic carbocycles. The third-order valence-electron chi connectivity index (χ3n) is 4.52. The van der Waals surface area contributed by atoms with Gasteiger partial charge in [0.2, 0.25) is 0 Å². The molecule has 9 nitrogen and oxygen atoms in total. The van der Waals surface area contributed by atoms with Gasteiger partial charge < -0.3 is 25.2 Å². The normalized spacial score (nSPS) is 35.3. The lowest BCUT2D eigenvalue weighted by atomic mass is 9.82. The average Bonchev–Trinajstić information content (AvgIpc) is 3.05. The minimum atomic E-state index is -3.75. The number of hydrogen-bond acceptors (Lipinski definition) is 7. The molecule has 0 bridgehead atoms. The number of carboxylic acids is 1. The summed E-state index contributed by atoms with van der Waals surface area (Å²) >= 11 is 0. The molecule has 0 radical (unpaired) electrons. The van der Waals surface area contributed by atoms with Gasteiger partial charge in [-0.1, -0.05) is 19.1 Å². The lowest BCUT2D eigenvalue weighted by Crippen LogP contribution is -2.63. The molecular weight excluding hydrogens is 344 g/mol. The topological polar surface area (TPSA) is 138 Å². The predicted octanol–water partition coefficient (Wildman–Crippen LogP) is -0.781. The molecule has 2 rings (SSSR count). The molecule has 0 saturated carbocycles. The van der Waals surface area contributed by atoms with E-state index in [1.807, 2.05) is 0 Å². The molecule has 1 aliphatic rings. The van der Waals surface area contributed by atoms with Crippen LogP contribution in [-0.4, -0.2) is 78.3 Å². The van der Waals surface area contributed by atoms with Crippen LogP contribution in [0.5, 0.6) is 0 Å². The van der Waals surface area contributed by atoms with Gasteiger partial charge in [0.05, 0.1) is 30.6 Å². The Morgan fingerprint density at radius 1 is 1.52 bits per heavy atom. The first-order chi connectivity index (χ1) is 11.7. The number of nitrogens with zero attached hydrogens (tertiary/aromatic N) is 3. The number of halogens is 2. The zero-order chi connectivity index (χ0) is 18.9. The summed E-state index contributed by atoms with van der Waals surface area (Å²) in [7, 11) is 0. The Bertz CT molecular complexity index is 617. The van der Waals surface area contributed by atoms with E-state index in [0.717, 1.165) is 4.68 Å². The molecule has 0 spiro atoms. The molecule has 7 atom stereocenters. The van der Waals surface area contributed by atoms with Crippen molar-refractivity contribution in [2.45, 2.75) is 56.6 Å². The van der Waals surface area contributed by atoms with Crippen LogP contribution in [-0.2, 0) is 16.0 Å². The SMILES string of the molecule is CCc1cnnn1[C@H]1C(F)C(F)(C(=O)O)O[C@@H]([C@H](O)[C@H](O)CO)[C@@H]1C. The second kappa shape index (κ2) is 7.28. The van der Waals surface area contributed by atoms with E-state index >= 15 is 0 Å². The van der Waals surface area contributed by atoms with Crippen LogP contribution in [0.25, 0.3) is 0 Å². The molecule has 2 heterocycles. The molecule has 0 amide bonds. The van der Waals surface area contributed by atoms with Crippen molar-refractivity contribution in [3.05, 3.63) is 11.9 Å². The molecule has 4 N–H and O–H groups in total. The number of aryl methyl sites for hydroxylation is 1. The van der Waals surface area contributed by atoms with E-state index < -0.39 is 54.9 Å². The number of hydrogen-bond donors (Lipinski definition) is 4. The van der Waals surface area contributed by atoms with Crippen molar-refractivity contribution < 1.29 is 38.7 Å². The number of rotatable bonds is 6. The largest absolute Gasteiger partial charge is 0.477 e. The van der Waals surface area contributed by atoms with Crippen molar-refractivity contribution in [2.75, 3.05) is 6.61 Å². The zero-order valence-corrected chi connectivity index (χ0v) is 13.7. The fourth-order valence-corrected chi connectivity index (χ4v) is 3.04. The van der Waals surface area contributed by atoms with Gasteiger partial charge in [0.25, 0.3) is 0 Å². The summed E-state index contributed by atoms with van der Waals surface area (Å²) in [4.78, 5) is 11.3. The summed E-state index contributed by atoms with van der Waals surface area (Å²) in [5.74, 6) is -6.94. The molecular formula is C14H21F2N3O6. The Labute approximate surface area is 141 Å². The monoisotopic (exact) mass is 365 g/mol. The summed E-state index contributed by atoms with van der Waals surface area (Å²) in [5.41, 5.74) is 0.435. The van der Waals surface area contributed by atoms with Crippen LogP contribution >= 0.6 is 0 Å². The predicted molar refractivity (Wildman–Crippen MR) is 77.9 cm³/mol. The Balaban J connectivity index is 2.50. The summed E-state index contributed by atoms with van der Waals surface area (Å²) < 4.78 is 35.4. The van der Waals surface area contributed by atoms with Gasteiger partial charge in [0, 0.05) is 5.92 Å². The Hall–Kier alpha value is -1.69. The van der Waals surface area contributed by atoms with E-state index in [2.05, 4.69) is 10.3 Å². The maximum atomic E-state index is 14.8. The summed E-state index contributed by atoms with van der Waals surface area (Å²) in [6.07, 6.45) is -6.08. The van der Waals surface area contributed by atoms with Crippen LogP contribution in [0.1, 0.15) is 25.6 Å². The van der Waals surface area contributed by atoms with Crippen LogP contribution < -0.4 is 0 Å². The lowest BCUT2D eigenvalue weighted by Gasteiger charge is -2.46. The van der Waals surface area contributed by atoms with E-state index in [9.17, 15) is 23.8 Å². The van der Waals surface area contributed by atoms with Crippen LogP contribution in [0.3, 0.4) is 0 Å². The van der Waals surface area contributed by atoms with Gasteiger partial charge in [0.15, 0.2) is 6.17 Å². The van der Waals surface area contributed by atoms with E-state index in [4.69, 9.17) is 14.9 Å². The molecule has 0 aromatic carbocycles. The molecule has 142 valence electrons. The molecule has 1 fully saturated rings. The average molecular weight is 365 g/mol. The number of aliphatic hydroxyl groups excluding tert-OH is 3.